The second-order valence-corrected chi connectivity index (χ2v) is 6.76. The van der Waals surface area contributed by atoms with Crippen molar-refractivity contribution in [2.75, 3.05) is 0 Å². The van der Waals surface area contributed by atoms with Crippen molar-refractivity contribution in [2.24, 2.45) is 0 Å². The molecule has 0 aromatic carbocycles. The summed E-state index contributed by atoms with van der Waals surface area (Å²) in [6.45, 7) is 12.5. The summed E-state index contributed by atoms with van der Waals surface area (Å²) < 4.78 is 2.09. The number of thiophene rings is 1. The highest BCUT2D eigenvalue weighted by Crippen LogP contribution is 2.23. The van der Waals surface area contributed by atoms with Gasteiger partial charge in [-0.1, -0.05) is 13.8 Å². The largest absolute Gasteiger partial charge is 0.310 e. The van der Waals surface area contributed by atoms with Gasteiger partial charge in [0.2, 0.25) is 0 Å². The molecule has 0 spiro atoms. The standard InChI is InChI=1S/C15H23N3S/c1-10(2)16-8-15-7-14(13(5)19-15)9-18-12(4)6-11(3)17-18/h6-7,10,16H,8-9H2,1-5H3. The quantitative estimate of drug-likeness (QED) is 0.907. The van der Waals surface area contributed by atoms with E-state index in [9.17, 15) is 0 Å². The van der Waals surface area contributed by atoms with Gasteiger partial charge in [0.1, 0.15) is 0 Å². The highest BCUT2D eigenvalue weighted by molar-refractivity contribution is 7.12. The van der Waals surface area contributed by atoms with E-state index in [-0.39, 0.29) is 0 Å². The van der Waals surface area contributed by atoms with Gasteiger partial charge in [0.15, 0.2) is 0 Å². The monoisotopic (exact) mass is 277 g/mol. The summed E-state index contributed by atoms with van der Waals surface area (Å²) in [5, 5.41) is 8.01. The summed E-state index contributed by atoms with van der Waals surface area (Å²) >= 11 is 1.88. The van der Waals surface area contributed by atoms with Crippen molar-refractivity contribution in [1.29, 1.82) is 0 Å². The molecule has 0 radical (unpaired) electrons. The van der Waals surface area contributed by atoms with E-state index in [0.717, 1.165) is 18.8 Å². The van der Waals surface area contributed by atoms with Gasteiger partial charge in [0.25, 0.3) is 0 Å². The molecule has 2 heterocycles. The van der Waals surface area contributed by atoms with Crippen LogP contribution in [0.15, 0.2) is 12.1 Å². The number of rotatable bonds is 5. The highest BCUT2D eigenvalue weighted by atomic mass is 32.1. The van der Waals surface area contributed by atoms with Crippen LogP contribution in [0.4, 0.5) is 0 Å². The minimum atomic E-state index is 0.530. The first-order valence-corrected chi connectivity index (χ1v) is 7.60. The average Bonchev–Trinajstić information content (AvgIpc) is 2.81. The van der Waals surface area contributed by atoms with Gasteiger partial charge in [0, 0.05) is 28.0 Å². The van der Waals surface area contributed by atoms with Crippen molar-refractivity contribution in [3.05, 3.63) is 38.8 Å². The Morgan fingerprint density at radius 3 is 2.58 bits per heavy atom. The van der Waals surface area contributed by atoms with Crippen LogP contribution in [0.1, 0.15) is 40.6 Å². The molecule has 0 aliphatic rings. The smallest absolute Gasteiger partial charge is 0.0673 e. The molecule has 104 valence electrons. The van der Waals surface area contributed by atoms with Crippen molar-refractivity contribution in [1.82, 2.24) is 15.1 Å². The molecule has 0 saturated heterocycles. The summed E-state index contributed by atoms with van der Waals surface area (Å²) in [6, 6.07) is 4.97. The lowest BCUT2D eigenvalue weighted by molar-refractivity contribution is 0.592. The maximum atomic E-state index is 4.54. The third-order valence-electron chi connectivity index (χ3n) is 3.18. The zero-order chi connectivity index (χ0) is 14.0. The van der Waals surface area contributed by atoms with Gasteiger partial charge >= 0.3 is 0 Å². The fourth-order valence-electron chi connectivity index (χ4n) is 2.13. The summed E-state index contributed by atoms with van der Waals surface area (Å²) in [7, 11) is 0. The number of nitrogens with zero attached hydrogens (tertiary/aromatic N) is 2. The molecule has 2 aromatic rings. The maximum Gasteiger partial charge on any atom is 0.0673 e. The molecule has 0 atom stereocenters. The number of aryl methyl sites for hydroxylation is 3. The lowest BCUT2D eigenvalue weighted by Gasteiger charge is -2.05. The van der Waals surface area contributed by atoms with Crippen LogP contribution in [0.5, 0.6) is 0 Å². The number of hydrogen-bond donors (Lipinski definition) is 1. The summed E-state index contributed by atoms with van der Waals surface area (Å²) in [4.78, 5) is 2.80. The fourth-order valence-corrected chi connectivity index (χ4v) is 3.14. The van der Waals surface area contributed by atoms with E-state index in [4.69, 9.17) is 0 Å². The molecule has 0 bridgehead atoms. The van der Waals surface area contributed by atoms with Gasteiger partial charge in [-0.3, -0.25) is 4.68 Å². The van der Waals surface area contributed by atoms with E-state index in [1.807, 2.05) is 18.3 Å². The van der Waals surface area contributed by atoms with Crippen molar-refractivity contribution in [2.45, 2.75) is 53.8 Å². The Balaban J connectivity index is 2.10. The minimum absolute atomic E-state index is 0.530. The summed E-state index contributed by atoms with van der Waals surface area (Å²) in [5.41, 5.74) is 3.70. The Kier molecular flexibility index (Phi) is 4.42. The third kappa shape index (κ3) is 3.67. The SMILES string of the molecule is Cc1cc(C)n(Cc2cc(CNC(C)C)sc2C)n1. The van der Waals surface area contributed by atoms with Crippen LogP contribution in [0.2, 0.25) is 0 Å². The van der Waals surface area contributed by atoms with Crippen LogP contribution in [0.3, 0.4) is 0 Å². The number of aromatic nitrogens is 2. The van der Waals surface area contributed by atoms with Crippen molar-refractivity contribution in [3.8, 4) is 0 Å². The first-order valence-electron chi connectivity index (χ1n) is 6.78. The molecule has 2 rings (SSSR count). The molecule has 4 heteroatoms. The van der Waals surface area contributed by atoms with Crippen LogP contribution in [0.25, 0.3) is 0 Å². The van der Waals surface area contributed by atoms with Gasteiger partial charge in [-0.25, -0.2) is 0 Å². The molecule has 19 heavy (non-hydrogen) atoms. The number of hydrogen-bond acceptors (Lipinski definition) is 3. The van der Waals surface area contributed by atoms with Gasteiger partial charge in [-0.15, -0.1) is 11.3 Å². The fraction of sp³-hybridized carbons (Fsp3) is 0.533. The normalized spacial score (nSPS) is 11.5. The van der Waals surface area contributed by atoms with E-state index in [1.165, 1.54) is 21.0 Å². The summed E-state index contributed by atoms with van der Waals surface area (Å²) in [6.07, 6.45) is 0. The van der Waals surface area contributed by atoms with E-state index in [2.05, 4.69) is 54.9 Å². The molecule has 2 aromatic heterocycles. The Bertz CT molecular complexity index is 552. The lowest BCUT2D eigenvalue weighted by atomic mass is 10.2. The molecule has 1 N–H and O–H groups in total. The predicted octanol–water partition coefficient (Wildman–Crippen LogP) is 3.42. The van der Waals surface area contributed by atoms with Crippen molar-refractivity contribution >= 4 is 11.3 Å². The molecular weight excluding hydrogens is 254 g/mol. The van der Waals surface area contributed by atoms with Crippen molar-refractivity contribution in [3.63, 3.8) is 0 Å². The van der Waals surface area contributed by atoms with Crippen LogP contribution in [-0.2, 0) is 13.1 Å². The van der Waals surface area contributed by atoms with Crippen molar-refractivity contribution < 1.29 is 0 Å². The zero-order valence-corrected chi connectivity index (χ0v) is 13.3. The lowest BCUT2D eigenvalue weighted by Crippen LogP contribution is -2.21. The van der Waals surface area contributed by atoms with Crippen LogP contribution < -0.4 is 5.32 Å². The first kappa shape index (κ1) is 14.3. The molecule has 0 saturated carbocycles. The van der Waals surface area contributed by atoms with E-state index < -0.39 is 0 Å². The van der Waals surface area contributed by atoms with E-state index in [1.54, 1.807) is 0 Å². The Labute approximate surface area is 119 Å². The highest BCUT2D eigenvalue weighted by Gasteiger charge is 2.09. The average molecular weight is 277 g/mol. The zero-order valence-electron chi connectivity index (χ0n) is 12.4. The second-order valence-electron chi connectivity index (χ2n) is 5.41. The van der Waals surface area contributed by atoms with E-state index >= 15 is 0 Å². The minimum Gasteiger partial charge on any atom is -0.310 e. The molecule has 0 unspecified atom stereocenters. The van der Waals surface area contributed by atoms with E-state index in [0.29, 0.717) is 6.04 Å². The van der Waals surface area contributed by atoms with Crippen LogP contribution in [-0.4, -0.2) is 15.8 Å². The molecule has 0 fully saturated rings. The predicted molar refractivity (Wildman–Crippen MR) is 81.8 cm³/mol. The van der Waals surface area contributed by atoms with Gasteiger partial charge < -0.3 is 5.32 Å². The molecular formula is C15H23N3S. The van der Waals surface area contributed by atoms with Gasteiger partial charge in [0.05, 0.1) is 12.2 Å². The summed E-state index contributed by atoms with van der Waals surface area (Å²) in [5.74, 6) is 0. The molecule has 0 aliphatic heterocycles. The van der Waals surface area contributed by atoms with Crippen LogP contribution in [0, 0.1) is 20.8 Å². The Morgan fingerprint density at radius 2 is 2.00 bits per heavy atom. The number of nitrogens with one attached hydrogen (secondary N) is 1. The molecule has 0 aliphatic carbocycles. The Hall–Kier alpha value is -1.13. The third-order valence-corrected chi connectivity index (χ3v) is 4.27. The molecule has 0 amide bonds. The first-order chi connectivity index (χ1) is 8.95. The van der Waals surface area contributed by atoms with Gasteiger partial charge in [-0.2, -0.15) is 5.10 Å². The maximum absolute atomic E-state index is 4.54. The Morgan fingerprint density at radius 1 is 1.26 bits per heavy atom. The second kappa shape index (κ2) is 5.88. The molecule has 3 nitrogen and oxygen atoms in total. The van der Waals surface area contributed by atoms with Crippen LogP contribution >= 0.6 is 11.3 Å². The topological polar surface area (TPSA) is 29.9 Å². The van der Waals surface area contributed by atoms with Gasteiger partial charge in [-0.05, 0) is 38.5 Å².